The second-order valence-corrected chi connectivity index (χ2v) is 5.98. The van der Waals surface area contributed by atoms with E-state index in [2.05, 4.69) is 16.9 Å². The SMILES string of the molecule is Cc1nc(C2CC2)ncc1C(=O)N1CCC(C)CC1. The predicted octanol–water partition coefficient (Wildman–Crippen LogP) is 2.53. The average molecular weight is 259 g/mol. The van der Waals surface area contributed by atoms with Gasteiger partial charge in [-0.25, -0.2) is 9.97 Å². The van der Waals surface area contributed by atoms with Crippen LogP contribution in [0.15, 0.2) is 6.20 Å². The van der Waals surface area contributed by atoms with Crippen molar-refractivity contribution in [2.24, 2.45) is 5.92 Å². The second-order valence-electron chi connectivity index (χ2n) is 5.98. The standard InChI is InChI=1S/C15H21N3O/c1-10-5-7-18(8-6-10)15(19)13-9-16-14(12-3-4-12)17-11(13)2/h9-10,12H,3-8H2,1-2H3. The molecule has 102 valence electrons. The van der Waals surface area contributed by atoms with Gasteiger partial charge in [0.05, 0.1) is 11.3 Å². The molecule has 0 spiro atoms. The maximum absolute atomic E-state index is 12.5. The zero-order chi connectivity index (χ0) is 13.4. The van der Waals surface area contributed by atoms with Gasteiger partial charge in [0.15, 0.2) is 0 Å². The average Bonchev–Trinajstić information content (AvgIpc) is 3.23. The summed E-state index contributed by atoms with van der Waals surface area (Å²) < 4.78 is 0. The van der Waals surface area contributed by atoms with Crippen molar-refractivity contribution in [1.29, 1.82) is 0 Å². The van der Waals surface area contributed by atoms with Gasteiger partial charge in [-0.05, 0) is 38.5 Å². The van der Waals surface area contributed by atoms with Crippen LogP contribution in [0.4, 0.5) is 0 Å². The lowest BCUT2D eigenvalue weighted by molar-refractivity contribution is 0.0695. The maximum Gasteiger partial charge on any atom is 0.257 e. The molecule has 0 atom stereocenters. The first-order valence-corrected chi connectivity index (χ1v) is 7.28. The molecular weight excluding hydrogens is 238 g/mol. The van der Waals surface area contributed by atoms with Crippen LogP contribution in [0.3, 0.4) is 0 Å². The molecule has 4 nitrogen and oxygen atoms in total. The molecule has 2 aliphatic rings. The molecule has 1 aromatic rings. The van der Waals surface area contributed by atoms with Gasteiger partial charge < -0.3 is 4.90 Å². The third-order valence-corrected chi connectivity index (χ3v) is 4.24. The van der Waals surface area contributed by atoms with Crippen molar-refractivity contribution in [3.8, 4) is 0 Å². The zero-order valence-electron chi connectivity index (χ0n) is 11.7. The monoisotopic (exact) mass is 259 g/mol. The summed E-state index contributed by atoms with van der Waals surface area (Å²) in [5.74, 6) is 2.30. The smallest absolute Gasteiger partial charge is 0.257 e. The Labute approximate surface area is 114 Å². The molecule has 0 N–H and O–H groups in total. The number of hydrogen-bond donors (Lipinski definition) is 0. The largest absolute Gasteiger partial charge is 0.339 e. The number of carbonyl (C=O) groups excluding carboxylic acids is 1. The van der Waals surface area contributed by atoms with E-state index in [0.29, 0.717) is 11.5 Å². The summed E-state index contributed by atoms with van der Waals surface area (Å²) in [6, 6.07) is 0. The van der Waals surface area contributed by atoms with Crippen LogP contribution in [0.5, 0.6) is 0 Å². The van der Waals surface area contributed by atoms with Gasteiger partial charge in [-0.15, -0.1) is 0 Å². The molecule has 1 aromatic heterocycles. The maximum atomic E-state index is 12.5. The molecule has 1 aliphatic carbocycles. The molecule has 0 unspecified atom stereocenters. The Bertz CT molecular complexity index is 488. The fourth-order valence-corrected chi connectivity index (χ4v) is 2.62. The van der Waals surface area contributed by atoms with E-state index in [1.54, 1.807) is 6.20 Å². The van der Waals surface area contributed by atoms with Crippen LogP contribution in [0.2, 0.25) is 0 Å². The summed E-state index contributed by atoms with van der Waals surface area (Å²) >= 11 is 0. The van der Waals surface area contributed by atoms with Gasteiger partial charge in [0.1, 0.15) is 5.82 Å². The number of rotatable bonds is 2. The van der Waals surface area contributed by atoms with Gasteiger partial charge >= 0.3 is 0 Å². The molecule has 4 heteroatoms. The van der Waals surface area contributed by atoms with Crippen molar-refractivity contribution in [3.63, 3.8) is 0 Å². The normalized spacial score (nSPS) is 20.6. The van der Waals surface area contributed by atoms with Crippen molar-refractivity contribution in [3.05, 3.63) is 23.3 Å². The lowest BCUT2D eigenvalue weighted by Gasteiger charge is -2.30. The minimum Gasteiger partial charge on any atom is -0.339 e. The molecule has 1 saturated heterocycles. The van der Waals surface area contributed by atoms with E-state index in [0.717, 1.165) is 43.4 Å². The van der Waals surface area contributed by atoms with Crippen LogP contribution >= 0.6 is 0 Å². The van der Waals surface area contributed by atoms with E-state index in [1.807, 2.05) is 11.8 Å². The van der Waals surface area contributed by atoms with Gasteiger partial charge in [-0.1, -0.05) is 6.92 Å². The van der Waals surface area contributed by atoms with Gasteiger partial charge in [-0.3, -0.25) is 4.79 Å². The molecule has 2 heterocycles. The van der Waals surface area contributed by atoms with E-state index >= 15 is 0 Å². The van der Waals surface area contributed by atoms with E-state index in [4.69, 9.17) is 0 Å². The summed E-state index contributed by atoms with van der Waals surface area (Å²) in [6.45, 7) is 5.90. The molecule has 0 radical (unpaired) electrons. The van der Waals surface area contributed by atoms with Crippen LogP contribution in [0.25, 0.3) is 0 Å². The van der Waals surface area contributed by atoms with Gasteiger partial charge in [0.25, 0.3) is 5.91 Å². The van der Waals surface area contributed by atoms with Crippen molar-refractivity contribution in [2.45, 2.75) is 45.4 Å². The lowest BCUT2D eigenvalue weighted by atomic mass is 9.98. The van der Waals surface area contributed by atoms with Gasteiger partial charge in [-0.2, -0.15) is 0 Å². The van der Waals surface area contributed by atoms with Crippen molar-refractivity contribution < 1.29 is 4.79 Å². The topological polar surface area (TPSA) is 46.1 Å². The quantitative estimate of drug-likeness (QED) is 0.820. The Kier molecular flexibility index (Phi) is 3.25. The van der Waals surface area contributed by atoms with E-state index in [1.165, 1.54) is 12.8 Å². The van der Waals surface area contributed by atoms with Crippen LogP contribution in [-0.2, 0) is 0 Å². The van der Waals surface area contributed by atoms with Crippen LogP contribution < -0.4 is 0 Å². The Morgan fingerprint density at radius 2 is 1.95 bits per heavy atom. The Hall–Kier alpha value is -1.45. The number of aromatic nitrogens is 2. The molecule has 2 fully saturated rings. The molecule has 19 heavy (non-hydrogen) atoms. The number of carbonyl (C=O) groups is 1. The molecule has 1 saturated carbocycles. The number of amides is 1. The van der Waals surface area contributed by atoms with Gasteiger partial charge in [0.2, 0.25) is 0 Å². The third kappa shape index (κ3) is 2.62. The first-order chi connectivity index (χ1) is 9.15. The van der Waals surface area contributed by atoms with Crippen molar-refractivity contribution in [2.75, 3.05) is 13.1 Å². The van der Waals surface area contributed by atoms with E-state index in [9.17, 15) is 4.79 Å². The fourth-order valence-electron chi connectivity index (χ4n) is 2.62. The third-order valence-electron chi connectivity index (χ3n) is 4.24. The highest BCUT2D eigenvalue weighted by Gasteiger charge is 2.28. The molecule has 0 aromatic carbocycles. The summed E-state index contributed by atoms with van der Waals surface area (Å²) in [6.07, 6.45) is 6.32. The summed E-state index contributed by atoms with van der Waals surface area (Å²) in [5.41, 5.74) is 1.51. The van der Waals surface area contributed by atoms with Crippen molar-refractivity contribution >= 4 is 5.91 Å². The summed E-state index contributed by atoms with van der Waals surface area (Å²) in [7, 11) is 0. The predicted molar refractivity (Wildman–Crippen MR) is 73.0 cm³/mol. The lowest BCUT2D eigenvalue weighted by Crippen LogP contribution is -2.38. The highest BCUT2D eigenvalue weighted by Crippen LogP contribution is 2.38. The Morgan fingerprint density at radius 3 is 2.53 bits per heavy atom. The van der Waals surface area contributed by atoms with Gasteiger partial charge in [0, 0.05) is 25.2 Å². The van der Waals surface area contributed by atoms with Crippen molar-refractivity contribution in [1.82, 2.24) is 14.9 Å². The first-order valence-electron chi connectivity index (χ1n) is 7.28. The molecular formula is C15H21N3O. The highest BCUT2D eigenvalue weighted by molar-refractivity contribution is 5.95. The zero-order valence-corrected chi connectivity index (χ0v) is 11.7. The summed E-state index contributed by atoms with van der Waals surface area (Å²) in [4.78, 5) is 23.3. The first kappa shape index (κ1) is 12.6. The molecule has 3 rings (SSSR count). The Morgan fingerprint density at radius 1 is 1.26 bits per heavy atom. The number of likely N-dealkylation sites (tertiary alicyclic amines) is 1. The van der Waals surface area contributed by atoms with Crippen LogP contribution in [-0.4, -0.2) is 33.9 Å². The van der Waals surface area contributed by atoms with Crippen LogP contribution in [0.1, 0.15) is 60.4 Å². The minimum atomic E-state index is 0.103. The minimum absolute atomic E-state index is 0.103. The second kappa shape index (κ2) is 4.91. The van der Waals surface area contributed by atoms with E-state index < -0.39 is 0 Å². The Balaban J connectivity index is 1.75. The number of nitrogens with zero attached hydrogens (tertiary/aromatic N) is 3. The van der Waals surface area contributed by atoms with E-state index in [-0.39, 0.29) is 5.91 Å². The number of hydrogen-bond acceptors (Lipinski definition) is 3. The molecule has 1 amide bonds. The number of piperidine rings is 1. The molecule has 0 bridgehead atoms. The summed E-state index contributed by atoms with van der Waals surface area (Å²) in [5, 5.41) is 0. The highest BCUT2D eigenvalue weighted by atomic mass is 16.2. The fraction of sp³-hybridized carbons (Fsp3) is 0.667. The molecule has 1 aliphatic heterocycles. The van der Waals surface area contributed by atoms with Crippen LogP contribution in [0, 0.1) is 12.8 Å². The number of aryl methyl sites for hydroxylation is 1.